The van der Waals surface area contributed by atoms with Crippen LogP contribution in [0.25, 0.3) is 0 Å². The lowest BCUT2D eigenvalue weighted by molar-refractivity contribution is 0.774. The molecule has 0 bridgehead atoms. The summed E-state index contributed by atoms with van der Waals surface area (Å²) in [7, 11) is 0. The third-order valence-corrected chi connectivity index (χ3v) is 2.61. The Bertz CT molecular complexity index is 273. The van der Waals surface area contributed by atoms with E-state index in [4.69, 9.17) is 28.9 Å². The van der Waals surface area contributed by atoms with Crippen molar-refractivity contribution in [3.8, 4) is 0 Å². The first-order valence-electron chi connectivity index (χ1n) is 3.80. The Morgan fingerprint density at radius 3 is 2.50 bits per heavy atom. The van der Waals surface area contributed by atoms with Crippen molar-refractivity contribution in [2.24, 2.45) is 5.73 Å². The molecule has 66 valence electrons. The molecule has 1 atom stereocenters. The van der Waals surface area contributed by atoms with Crippen molar-refractivity contribution in [1.82, 2.24) is 0 Å². The van der Waals surface area contributed by atoms with E-state index < -0.39 is 0 Å². The minimum absolute atomic E-state index is 0.333. The van der Waals surface area contributed by atoms with Gasteiger partial charge >= 0.3 is 0 Å². The molecule has 0 spiro atoms. The molecule has 1 rings (SSSR count). The van der Waals surface area contributed by atoms with Crippen LogP contribution in [0.1, 0.15) is 18.4 Å². The second-order valence-corrected chi connectivity index (χ2v) is 3.62. The minimum atomic E-state index is 0.333. The molecule has 0 fully saturated rings. The van der Waals surface area contributed by atoms with Gasteiger partial charge < -0.3 is 5.73 Å². The first-order valence-corrected chi connectivity index (χ1v) is 4.55. The molecule has 1 nitrogen and oxygen atoms in total. The average Bonchev–Trinajstić information content (AvgIpc) is 2.08. The highest BCUT2D eigenvalue weighted by Crippen LogP contribution is 2.25. The van der Waals surface area contributed by atoms with Gasteiger partial charge in [0.05, 0.1) is 10.0 Å². The molecule has 3 heteroatoms. The van der Waals surface area contributed by atoms with E-state index in [-0.39, 0.29) is 0 Å². The van der Waals surface area contributed by atoms with Crippen LogP contribution in [0, 0.1) is 0 Å². The molecular formula is C9H11Cl2N. The van der Waals surface area contributed by atoms with Crippen molar-refractivity contribution in [2.45, 2.75) is 12.8 Å². The normalized spacial score (nSPS) is 13.0. The van der Waals surface area contributed by atoms with Gasteiger partial charge in [0, 0.05) is 0 Å². The lowest BCUT2D eigenvalue weighted by atomic mass is 10.0. The molecule has 2 N–H and O–H groups in total. The van der Waals surface area contributed by atoms with Gasteiger partial charge in [-0.15, -0.1) is 0 Å². The molecule has 0 amide bonds. The SMILES string of the molecule is CC(CN)c1ccc(Cl)c(Cl)c1. The van der Waals surface area contributed by atoms with Crippen LogP contribution in [0.3, 0.4) is 0 Å². The van der Waals surface area contributed by atoms with Gasteiger partial charge in [0.2, 0.25) is 0 Å². The molecule has 0 saturated carbocycles. The highest BCUT2D eigenvalue weighted by molar-refractivity contribution is 6.42. The maximum Gasteiger partial charge on any atom is 0.0595 e. The first-order chi connectivity index (χ1) is 5.65. The molecule has 0 aliphatic heterocycles. The fourth-order valence-electron chi connectivity index (χ4n) is 0.955. The van der Waals surface area contributed by atoms with Crippen LogP contribution >= 0.6 is 23.2 Å². The zero-order valence-corrected chi connectivity index (χ0v) is 8.36. The zero-order chi connectivity index (χ0) is 9.14. The quantitative estimate of drug-likeness (QED) is 0.787. The number of nitrogens with two attached hydrogens (primary N) is 1. The standard InChI is InChI=1S/C9H11Cl2N/c1-6(5-12)7-2-3-8(10)9(11)4-7/h2-4,6H,5,12H2,1H3. The van der Waals surface area contributed by atoms with Crippen molar-refractivity contribution in [3.05, 3.63) is 33.8 Å². The third-order valence-electron chi connectivity index (χ3n) is 1.87. The van der Waals surface area contributed by atoms with Crippen LogP contribution < -0.4 is 5.73 Å². The maximum absolute atomic E-state index is 5.84. The van der Waals surface area contributed by atoms with E-state index in [0.29, 0.717) is 22.5 Å². The Hall–Kier alpha value is -0.240. The molecule has 1 aromatic carbocycles. The molecule has 1 unspecified atom stereocenters. The first kappa shape index (κ1) is 9.85. The molecule has 0 aliphatic rings. The van der Waals surface area contributed by atoms with Crippen LogP contribution in [-0.2, 0) is 0 Å². The highest BCUT2D eigenvalue weighted by Gasteiger charge is 2.04. The van der Waals surface area contributed by atoms with E-state index in [2.05, 4.69) is 6.92 Å². The Labute approximate surface area is 82.5 Å². The second-order valence-electron chi connectivity index (χ2n) is 2.81. The average molecular weight is 204 g/mol. The van der Waals surface area contributed by atoms with Gasteiger partial charge in [-0.1, -0.05) is 36.2 Å². The lowest BCUT2D eigenvalue weighted by Gasteiger charge is -2.09. The topological polar surface area (TPSA) is 26.0 Å². The smallest absolute Gasteiger partial charge is 0.0595 e. The zero-order valence-electron chi connectivity index (χ0n) is 6.85. The van der Waals surface area contributed by atoms with Gasteiger partial charge in [-0.25, -0.2) is 0 Å². The van der Waals surface area contributed by atoms with Gasteiger partial charge in [-0.05, 0) is 30.2 Å². The van der Waals surface area contributed by atoms with Crippen LogP contribution in [0.15, 0.2) is 18.2 Å². The summed E-state index contributed by atoms with van der Waals surface area (Å²) in [6.45, 7) is 2.68. The predicted octanol–water partition coefficient (Wildman–Crippen LogP) is 3.06. The van der Waals surface area contributed by atoms with E-state index in [1.54, 1.807) is 6.07 Å². The summed E-state index contributed by atoms with van der Waals surface area (Å²) in [5.74, 6) is 0.333. The molecule has 0 radical (unpaired) electrons. The van der Waals surface area contributed by atoms with Crippen molar-refractivity contribution in [3.63, 3.8) is 0 Å². The number of halogens is 2. The number of hydrogen-bond acceptors (Lipinski definition) is 1. The molecule has 0 saturated heterocycles. The van der Waals surface area contributed by atoms with Gasteiger partial charge in [0.25, 0.3) is 0 Å². The van der Waals surface area contributed by atoms with E-state index >= 15 is 0 Å². The fraction of sp³-hybridized carbons (Fsp3) is 0.333. The molecule has 0 heterocycles. The predicted molar refractivity (Wildman–Crippen MR) is 53.9 cm³/mol. The third kappa shape index (κ3) is 2.13. The highest BCUT2D eigenvalue weighted by atomic mass is 35.5. The van der Waals surface area contributed by atoms with Crippen LogP contribution in [0.4, 0.5) is 0 Å². The summed E-state index contributed by atoms with van der Waals surface area (Å²) in [5.41, 5.74) is 6.65. The minimum Gasteiger partial charge on any atom is -0.330 e. The Kier molecular flexibility index (Phi) is 3.39. The summed E-state index contributed by atoms with van der Waals surface area (Å²) in [4.78, 5) is 0. The molecule has 0 aromatic heterocycles. The maximum atomic E-state index is 5.84. The van der Waals surface area contributed by atoms with Crippen LogP contribution in [0.2, 0.25) is 10.0 Å². The second kappa shape index (κ2) is 4.13. The monoisotopic (exact) mass is 203 g/mol. The summed E-state index contributed by atoms with van der Waals surface area (Å²) < 4.78 is 0. The Morgan fingerprint density at radius 2 is 2.00 bits per heavy atom. The van der Waals surface area contributed by atoms with Crippen LogP contribution in [-0.4, -0.2) is 6.54 Å². The largest absolute Gasteiger partial charge is 0.330 e. The Morgan fingerprint density at radius 1 is 1.33 bits per heavy atom. The van der Waals surface area contributed by atoms with E-state index in [0.717, 1.165) is 5.56 Å². The van der Waals surface area contributed by atoms with Gasteiger partial charge in [-0.3, -0.25) is 0 Å². The van der Waals surface area contributed by atoms with E-state index in [1.807, 2.05) is 12.1 Å². The summed E-state index contributed by atoms with van der Waals surface area (Å²) in [6, 6.07) is 5.61. The summed E-state index contributed by atoms with van der Waals surface area (Å²) in [6.07, 6.45) is 0. The molecule has 0 aliphatic carbocycles. The van der Waals surface area contributed by atoms with Gasteiger partial charge in [0.1, 0.15) is 0 Å². The molecular weight excluding hydrogens is 193 g/mol. The van der Waals surface area contributed by atoms with Crippen molar-refractivity contribution < 1.29 is 0 Å². The number of benzene rings is 1. The van der Waals surface area contributed by atoms with Crippen LogP contribution in [0.5, 0.6) is 0 Å². The fourth-order valence-corrected chi connectivity index (χ4v) is 1.26. The number of hydrogen-bond donors (Lipinski definition) is 1. The van der Waals surface area contributed by atoms with Crippen molar-refractivity contribution in [1.29, 1.82) is 0 Å². The Balaban J connectivity index is 2.96. The van der Waals surface area contributed by atoms with E-state index in [9.17, 15) is 0 Å². The molecule has 1 aromatic rings. The van der Waals surface area contributed by atoms with Gasteiger partial charge in [0.15, 0.2) is 0 Å². The van der Waals surface area contributed by atoms with E-state index in [1.165, 1.54) is 0 Å². The molecule has 12 heavy (non-hydrogen) atoms. The summed E-state index contributed by atoms with van der Waals surface area (Å²) in [5, 5.41) is 1.18. The van der Waals surface area contributed by atoms with Gasteiger partial charge in [-0.2, -0.15) is 0 Å². The van der Waals surface area contributed by atoms with Crippen molar-refractivity contribution in [2.75, 3.05) is 6.54 Å². The van der Waals surface area contributed by atoms with Crippen molar-refractivity contribution >= 4 is 23.2 Å². The number of rotatable bonds is 2. The lowest BCUT2D eigenvalue weighted by Crippen LogP contribution is -2.08. The summed E-state index contributed by atoms with van der Waals surface area (Å²) >= 11 is 11.6.